The van der Waals surface area contributed by atoms with Crippen molar-refractivity contribution in [2.45, 2.75) is 103 Å². The number of carbonyl (C=O) groups excluding carboxylic acids is 1. The zero-order chi connectivity index (χ0) is 47.4. The van der Waals surface area contributed by atoms with Crippen molar-refractivity contribution in [2.75, 3.05) is 72.1 Å². The third kappa shape index (κ3) is 17.1. The number of hydrogen-bond donors (Lipinski definition) is 5. The first-order chi connectivity index (χ1) is 29.0. The fourth-order valence-electron chi connectivity index (χ4n) is 6.86. The maximum atomic E-state index is 12.3. The lowest BCUT2D eigenvalue weighted by Crippen LogP contribution is -3.11. The number of carboxylic acid groups (broad SMARTS) is 1. The van der Waals surface area contributed by atoms with Crippen molar-refractivity contribution >= 4 is 74.5 Å². The van der Waals surface area contributed by atoms with Crippen molar-refractivity contribution in [1.82, 2.24) is 5.32 Å². The van der Waals surface area contributed by atoms with Gasteiger partial charge in [0.15, 0.2) is 6.61 Å². The van der Waals surface area contributed by atoms with Gasteiger partial charge in [-0.15, -0.1) is 0 Å². The van der Waals surface area contributed by atoms with Crippen LogP contribution in [-0.2, 0) is 39.9 Å². The second-order valence-corrected chi connectivity index (χ2v) is 18.5. The fourth-order valence-corrected chi connectivity index (χ4v) is 9.02. The average molecular weight is 933 g/mol. The quantitative estimate of drug-likeness (QED) is 0.0448. The van der Waals surface area contributed by atoms with E-state index in [1.165, 1.54) is 65.0 Å². The molecule has 1 amide bonds. The maximum Gasteiger partial charge on any atom is 0.303 e. The highest BCUT2D eigenvalue weighted by molar-refractivity contribution is 7.87. The number of carboxylic acids is 1. The van der Waals surface area contributed by atoms with Crippen LogP contribution in [0.15, 0.2) is 51.1 Å². The number of amides is 1. The Hall–Kier alpha value is -3.73. The van der Waals surface area contributed by atoms with E-state index in [-0.39, 0.29) is 51.0 Å². The molecular weight excluding hydrogens is 865 g/mol. The SMILES string of the molecule is CC[NH+](CC)CC.CC[NH+](CC)CC.CC[NH+](CC)CC.O=C(O)CCCCCNC(=O)COc1cc(S(=O)(=O)[O-])c2ccc3c(S(=O)(=O)[O-])cc(S(=O)(=O)[O-])c4ccc1c2c43. The van der Waals surface area contributed by atoms with Gasteiger partial charge in [-0.2, -0.15) is 0 Å². The molecule has 0 heterocycles. The molecule has 0 spiro atoms. The summed E-state index contributed by atoms with van der Waals surface area (Å²) < 4.78 is 114. The Kier molecular flexibility index (Phi) is 24.3. The van der Waals surface area contributed by atoms with Crippen molar-refractivity contribution in [3.63, 3.8) is 0 Å². The minimum Gasteiger partial charge on any atom is -0.744 e. The van der Waals surface area contributed by atoms with Gasteiger partial charge in [0.2, 0.25) is 0 Å². The Labute approximate surface area is 368 Å². The van der Waals surface area contributed by atoms with Gasteiger partial charge in [0.25, 0.3) is 5.91 Å². The van der Waals surface area contributed by atoms with Crippen LogP contribution in [0.3, 0.4) is 0 Å². The normalized spacial score (nSPS) is 11.9. The Bertz CT molecular complexity index is 2250. The summed E-state index contributed by atoms with van der Waals surface area (Å²) >= 11 is 0. The van der Waals surface area contributed by atoms with Crippen LogP contribution in [0.1, 0.15) is 88.0 Å². The lowest BCUT2D eigenvalue weighted by Gasteiger charge is -2.22. The molecule has 0 atom stereocenters. The van der Waals surface area contributed by atoms with E-state index in [2.05, 4.69) is 67.6 Å². The third-order valence-corrected chi connectivity index (χ3v) is 13.4. The van der Waals surface area contributed by atoms with Gasteiger partial charge >= 0.3 is 5.97 Å². The molecule has 0 fully saturated rings. The van der Waals surface area contributed by atoms with Gasteiger partial charge in [-0.25, -0.2) is 25.3 Å². The standard InChI is InChI=1S/C24H23NO13S3.3C6H15N/c26-21(25-9-3-1-2-4-22(27)28)12-38-17-10-18(39(29,30)31)14-7-8-16-20(41(35,36)37)11-19(40(32,33)34)15-6-5-13(17)23(14)24(15)16;3*1-4-7(5-2)6-3/h5-8,10-11H,1-4,9,12H2,(H,25,26)(H,27,28)(H,29,30,31)(H,32,33,34)(H,35,36,37);3*4-6H2,1-3H3. The van der Waals surface area contributed by atoms with Crippen LogP contribution in [0.2, 0.25) is 0 Å². The summed E-state index contributed by atoms with van der Waals surface area (Å²) in [6.45, 7) is 31.0. The van der Waals surface area contributed by atoms with E-state index in [0.29, 0.717) is 25.3 Å². The first-order valence-electron chi connectivity index (χ1n) is 21.3. The highest BCUT2D eigenvalue weighted by Crippen LogP contribution is 2.45. The minimum atomic E-state index is -5.35. The molecule has 0 bridgehead atoms. The summed E-state index contributed by atoms with van der Waals surface area (Å²) in [7, 11) is -15.9. The van der Waals surface area contributed by atoms with Gasteiger partial charge in [0.1, 0.15) is 36.1 Å². The molecule has 0 aliphatic rings. The van der Waals surface area contributed by atoms with E-state index in [0.717, 1.165) is 24.3 Å². The number of unbranched alkanes of at least 4 members (excludes halogenated alkanes) is 2. The van der Waals surface area contributed by atoms with Gasteiger partial charge in [0, 0.05) is 45.3 Å². The summed E-state index contributed by atoms with van der Waals surface area (Å²) in [5.41, 5.74) is 0. The number of nitrogens with one attached hydrogen (secondary N) is 4. The second kappa shape index (κ2) is 26.8. The zero-order valence-corrected chi connectivity index (χ0v) is 40.1. The number of ether oxygens (including phenoxy) is 1. The lowest BCUT2D eigenvalue weighted by molar-refractivity contribution is -0.894. The summed E-state index contributed by atoms with van der Waals surface area (Å²) in [6, 6.07) is 5.75. The van der Waals surface area contributed by atoms with Crippen LogP contribution in [0.25, 0.3) is 32.3 Å². The first-order valence-corrected chi connectivity index (χ1v) is 25.5. The van der Waals surface area contributed by atoms with Gasteiger partial charge in [-0.05, 0) is 93.4 Å². The molecule has 4 rings (SSSR count). The van der Waals surface area contributed by atoms with Crippen LogP contribution < -0.4 is 24.8 Å². The van der Waals surface area contributed by atoms with E-state index in [1.807, 2.05) is 0 Å². The molecule has 62 heavy (non-hydrogen) atoms. The van der Waals surface area contributed by atoms with E-state index in [9.17, 15) is 48.5 Å². The highest BCUT2D eigenvalue weighted by atomic mass is 32.2. The van der Waals surface area contributed by atoms with Gasteiger partial charge < -0.3 is 43.5 Å². The second-order valence-electron chi connectivity index (χ2n) is 14.5. The Balaban J connectivity index is 0.000000751. The molecule has 17 nitrogen and oxygen atoms in total. The number of carbonyl (C=O) groups is 2. The monoisotopic (exact) mass is 932 g/mol. The predicted molar refractivity (Wildman–Crippen MR) is 236 cm³/mol. The lowest BCUT2D eigenvalue weighted by atomic mass is 9.93. The number of aliphatic carboxylic acids is 1. The zero-order valence-electron chi connectivity index (χ0n) is 37.6. The molecule has 0 radical (unpaired) electrons. The molecule has 352 valence electrons. The van der Waals surface area contributed by atoms with E-state index >= 15 is 0 Å². The van der Waals surface area contributed by atoms with E-state index in [4.69, 9.17) is 9.84 Å². The van der Waals surface area contributed by atoms with Crippen LogP contribution >= 0.6 is 0 Å². The Morgan fingerprint density at radius 1 is 0.548 bits per heavy atom. The summed E-state index contributed by atoms with van der Waals surface area (Å²) in [6.07, 6.45) is 1.42. The van der Waals surface area contributed by atoms with Crippen molar-refractivity contribution < 1.29 is 73.0 Å². The summed E-state index contributed by atoms with van der Waals surface area (Å²) in [5.74, 6) is -1.88. The largest absolute Gasteiger partial charge is 0.744 e. The van der Waals surface area contributed by atoms with Crippen LogP contribution in [-0.4, -0.2) is 128 Å². The average Bonchev–Trinajstić information content (AvgIpc) is 3.21. The molecular formula is C42H68N4O13S3. The van der Waals surface area contributed by atoms with Crippen LogP contribution in [0.5, 0.6) is 5.75 Å². The van der Waals surface area contributed by atoms with Gasteiger partial charge in [0.05, 0.1) is 73.6 Å². The molecule has 0 aliphatic heterocycles. The van der Waals surface area contributed by atoms with Gasteiger partial charge in [-0.3, -0.25) is 9.59 Å². The highest BCUT2D eigenvalue weighted by Gasteiger charge is 2.24. The number of benzene rings is 4. The van der Waals surface area contributed by atoms with Crippen molar-refractivity contribution in [3.05, 3.63) is 36.4 Å². The molecule has 20 heteroatoms. The Morgan fingerprint density at radius 3 is 1.21 bits per heavy atom. The molecule has 4 aromatic rings. The molecule has 5 N–H and O–H groups in total. The maximum absolute atomic E-state index is 12.3. The van der Waals surface area contributed by atoms with E-state index < -0.39 is 63.5 Å². The predicted octanol–water partition coefficient (Wildman–Crippen LogP) is 1.23. The van der Waals surface area contributed by atoms with E-state index in [1.54, 1.807) is 14.7 Å². The number of rotatable bonds is 21. The first kappa shape index (κ1) is 56.3. The van der Waals surface area contributed by atoms with Gasteiger partial charge in [-0.1, -0.05) is 24.6 Å². The molecule has 0 aliphatic carbocycles. The summed E-state index contributed by atoms with van der Waals surface area (Å²) in [5, 5.41) is 9.83. The fraction of sp³-hybridized carbons (Fsp3) is 0.571. The minimum absolute atomic E-state index is 0.0128. The third-order valence-electron chi connectivity index (χ3n) is 10.8. The topological polar surface area (TPSA) is 261 Å². The Morgan fingerprint density at radius 2 is 0.887 bits per heavy atom. The molecule has 0 unspecified atom stereocenters. The van der Waals surface area contributed by atoms with Crippen molar-refractivity contribution in [3.8, 4) is 5.75 Å². The van der Waals surface area contributed by atoms with Crippen molar-refractivity contribution in [1.29, 1.82) is 0 Å². The van der Waals surface area contributed by atoms with Crippen LogP contribution in [0, 0.1) is 0 Å². The molecule has 0 aromatic heterocycles. The summed E-state index contributed by atoms with van der Waals surface area (Å²) in [4.78, 5) is 25.0. The smallest absolute Gasteiger partial charge is 0.303 e. The number of hydrogen-bond acceptors (Lipinski definition) is 12. The van der Waals surface area contributed by atoms with Crippen molar-refractivity contribution in [2.24, 2.45) is 0 Å². The molecule has 0 saturated carbocycles. The molecule has 0 saturated heterocycles. The number of quaternary nitrogens is 3. The van der Waals surface area contributed by atoms with Crippen LogP contribution in [0.4, 0.5) is 0 Å². The molecule has 4 aromatic carbocycles.